The topological polar surface area (TPSA) is 116 Å². The van der Waals surface area contributed by atoms with Crippen LogP contribution in [0.4, 0.5) is 5.69 Å². The highest BCUT2D eigenvalue weighted by molar-refractivity contribution is 5.79. The van der Waals surface area contributed by atoms with Crippen molar-refractivity contribution in [2.24, 2.45) is 0 Å². The zero-order valence-corrected chi connectivity index (χ0v) is 9.97. The summed E-state index contributed by atoms with van der Waals surface area (Å²) in [6.45, 7) is -1.62. The van der Waals surface area contributed by atoms with Gasteiger partial charge >= 0.3 is 0 Å². The molecule has 0 aliphatic rings. The van der Waals surface area contributed by atoms with Crippen molar-refractivity contribution in [2.45, 2.75) is 12.0 Å². The molecular weight excluding hydrogens is 236 g/mol. The molecule has 0 aromatic heterocycles. The van der Waals surface area contributed by atoms with Crippen LogP contribution in [0, 0.1) is 0 Å². The molecule has 0 saturated heterocycles. The number of nitrogen functional groups attached to an aromatic ring is 1. The van der Waals surface area contributed by atoms with Gasteiger partial charge in [0.15, 0.2) is 0 Å². The van der Waals surface area contributed by atoms with Gasteiger partial charge in [0.05, 0.1) is 26.2 Å². The van der Waals surface area contributed by atoms with Crippen molar-refractivity contribution in [3.05, 3.63) is 29.8 Å². The highest BCUT2D eigenvalue weighted by Crippen LogP contribution is 2.08. The molecule has 6 nitrogen and oxygen atoms in total. The minimum atomic E-state index is -1.39. The van der Waals surface area contributed by atoms with Gasteiger partial charge in [-0.25, -0.2) is 0 Å². The Morgan fingerprint density at radius 3 is 2.33 bits per heavy atom. The second kappa shape index (κ2) is 6.34. The molecule has 0 radical (unpaired) electrons. The summed E-state index contributed by atoms with van der Waals surface area (Å²) in [6.07, 6.45) is 0.0623. The molecular formula is C12H18N2O4. The lowest BCUT2D eigenvalue weighted by Crippen LogP contribution is -2.57. The maximum Gasteiger partial charge on any atom is 0.225 e. The van der Waals surface area contributed by atoms with E-state index in [1.807, 2.05) is 0 Å². The molecule has 0 spiro atoms. The average Bonchev–Trinajstić information content (AvgIpc) is 2.36. The van der Waals surface area contributed by atoms with Crippen LogP contribution in [0.2, 0.25) is 0 Å². The number of rotatable bonds is 6. The largest absolute Gasteiger partial charge is 0.399 e. The number of hydrogen-bond acceptors (Lipinski definition) is 5. The van der Waals surface area contributed by atoms with Gasteiger partial charge in [0, 0.05) is 5.69 Å². The molecule has 0 heterocycles. The summed E-state index contributed by atoms with van der Waals surface area (Å²) >= 11 is 0. The Hall–Kier alpha value is -1.63. The SMILES string of the molecule is Nc1cccc(CC(=O)NC(CO)(CO)CO)c1. The summed E-state index contributed by atoms with van der Waals surface area (Å²) in [7, 11) is 0. The van der Waals surface area contributed by atoms with E-state index in [4.69, 9.17) is 21.1 Å². The normalized spacial score (nSPS) is 11.3. The standard InChI is InChI=1S/C12H18N2O4/c13-10-3-1-2-9(4-10)5-11(18)14-12(6-15,7-16)8-17/h1-4,15-17H,5-8,13H2,(H,14,18). The van der Waals surface area contributed by atoms with E-state index in [-0.39, 0.29) is 6.42 Å². The van der Waals surface area contributed by atoms with E-state index in [9.17, 15) is 4.79 Å². The molecule has 1 amide bonds. The molecule has 0 atom stereocenters. The number of anilines is 1. The van der Waals surface area contributed by atoms with Crippen LogP contribution < -0.4 is 11.1 Å². The van der Waals surface area contributed by atoms with E-state index >= 15 is 0 Å². The second-order valence-electron chi connectivity index (χ2n) is 4.22. The first-order valence-electron chi connectivity index (χ1n) is 5.53. The van der Waals surface area contributed by atoms with Gasteiger partial charge in [-0.05, 0) is 17.7 Å². The lowest BCUT2D eigenvalue weighted by molar-refractivity contribution is -0.124. The van der Waals surface area contributed by atoms with E-state index in [0.717, 1.165) is 5.56 Å². The third-order valence-corrected chi connectivity index (χ3v) is 2.63. The van der Waals surface area contributed by atoms with Crippen LogP contribution in [0.15, 0.2) is 24.3 Å². The van der Waals surface area contributed by atoms with Crippen molar-refractivity contribution in [1.29, 1.82) is 0 Å². The lowest BCUT2D eigenvalue weighted by Gasteiger charge is -2.28. The fourth-order valence-electron chi connectivity index (χ4n) is 1.50. The van der Waals surface area contributed by atoms with E-state index in [0.29, 0.717) is 5.69 Å². The predicted octanol–water partition coefficient (Wildman–Crippen LogP) is -1.36. The van der Waals surface area contributed by atoms with Crippen LogP contribution in [-0.4, -0.2) is 46.6 Å². The number of nitrogens with two attached hydrogens (primary N) is 1. The van der Waals surface area contributed by atoms with E-state index in [1.165, 1.54) is 0 Å². The molecule has 1 rings (SSSR count). The van der Waals surface area contributed by atoms with Crippen molar-refractivity contribution in [2.75, 3.05) is 25.6 Å². The molecule has 0 fully saturated rings. The van der Waals surface area contributed by atoms with Crippen molar-refractivity contribution < 1.29 is 20.1 Å². The number of carbonyl (C=O) groups excluding carboxylic acids is 1. The Kier molecular flexibility index (Phi) is 5.08. The number of aliphatic hydroxyl groups is 3. The summed E-state index contributed by atoms with van der Waals surface area (Å²) in [5.41, 5.74) is 5.47. The van der Waals surface area contributed by atoms with Gasteiger partial charge in [-0.15, -0.1) is 0 Å². The summed E-state index contributed by atoms with van der Waals surface area (Å²) < 4.78 is 0. The van der Waals surface area contributed by atoms with Gasteiger partial charge in [-0.3, -0.25) is 4.79 Å². The van der Waals surface area contributed by atoms with Crippen molar-refractivity contribution in [1.82, 2.24) is 5.32 Å². The van der Waals surface area contributed by atoms with Gasteiger partial charge in [0.2, 0.25) is 5.91 Å². The first-order valence-corrected chi connectivity index (χ1v) is 5.53. The average molecular weight is 254 g/mol. The fourth-order valence-corrected chi connectivity index (χ4v) is 1.50. The number of nitrogens with one attached hydrogen (secondary N) is 1. The monoisotopic (exact) mass is 254 g/mol. The molecule has 6 N–H and O–H groups in total. The smallest absolute Gasteiger partial charge is 0.225 e. The van der Waals surface area contributed by atoms with Gasteiger partial charge in [0.1, 0.15) is 5.54 Å². The Labute approximate surface area is 105 Å². The van der Waals surface area contributed by atoms with Crippen molar-refractivity contribution in [3.63, 3.8) is 0 Å². The lowest BCUT2D eigenvalue weighted by atomic mass is 10.0. The molecule has 100 valence electrons. The van der Waals surface area contributed by atoms with Crippen LogP contribution in [0.1, 0.15) is 5.56 Å². The summed E-state index contributed by atoms with van der Waals surface area (Å²) in [6, 6.07) is 6.85. The zero-order chi connectivity index (χ0) is 13.6. The van der Waals surface area contributed by atoms with Crippen LogP contribution in [0.3, 0.4) is 0 Å². The Morgan fingerprint density at radius 2 is 1.83 bits per heavy atom. The van der Waals surface area contributed by atoms with Crippen molar-refractivity contribution >= 4 is 11.6 Å². The molecule has 1 aromatic rings. The third kappa shape index (κ3) is 3.69. The highest BCUT2D eigenvalue weighted by Gasteiger charge is 2.29. The molecule has 0 bridgehead atoms. The van der Waals surface area contributed by atoms with E-state index in [1.54, 1.807) is 24.3 Å². The summed E-state index contributed by atoms with van der Waals surface area (Å²) in [5.74, 6) is -0.405. The first kappa shape index (κ1) is 14.4. The summed E-state index contributed by atoms with van der Waals surface area (Å²) in [5, 5.41) is 29.7. The molecule has 18 heavy (non-hydrogen) atoms. The quantitative estimate of drug-likeness (QED) is 0.402. The molecule has 0 saturated carbocycles. The molecule has 0 aliphatic heterocycles. The van der Waals surface area contributed by atoms with E-state index in [2.05, 4.69) is 5.32 Å². The maximum absolute atomic E-state index is 11.7. The Morgan fingerprint density at radius 1 is 1.22 bits per heavy atom. The predicted molar refractivity (Wildman–Crippen MR) is 66.7 cm³/mol. The zero-order valence-electron chi connectivity index (χ0n) is 9.97. The van der Waals surface area contributed by atoms with Crippen LogP contribution in [0.5, 0.6) is 0 Å². The van der Waals surface area contributed by atoms with Crippen molar-refractivity contribution in [3.8, 4) is 0 Å². The van der Waals surface area contributed by atoms with E-state index < -0.39 is 31.3 Å². The minimum absolute atomic E-state index is 0.0623. The number of benzene rings is 1. The second-order valence-corrected chi connectivity index (χ2v) is 4.22. The Bertz CT molecular complexity index is 397. The summed E-state index contributed by atoms with van der Waals surface area (Å²) in [4.78, 5) is 11.7. The highest BCUT2D eigenvalue weighted by atomic mass is 16.3. The molecule has 1 aromatic carbocycles. The number of amides is 1. The van der Waals surface area contributed by atoms with Gasteiger partial charge < -0.3 is 26.4 Å². The van der Waals surface area contributed by atoms with Crippen LogP contribution >= 0.6 is 0 Å². The van der Waals surface area contributed by atoms with Gasteiger partial charge in [0.25, 0.3) is 0 Å². The number of aliphatic hydroxyl groups excluding tert-OH is 3. The first-order chi connectivity index (χ1) is 8.55. The number of hydrogen-bond donors (Lipinski definition) is 5. The van der Waals surface area contributed by atoms with Crippen LogP contribution in [0.25, 0.3) is 0 Å². The van der Waals surface area contributed by atoms with Crippen LogP contribution in [-0.2, 0) is 11.2 Å². The third-order valence-electron chi connectivity index (χ3n) is 2.63. The Balaban J connectivity index is 2.66. The molecule has 0 unspecified atom stereocenters. The van der Waals surface area contributed by atoms with Gasteiger partial charge in [-0.2, -0.15) is 0 Å². The number of carbonyl (C=O) groups is 1. The minimum Gasteiger partial charge on any atom is -0.399 e. The maximum atomic E-state index is 11.7. The fraction of sp³-hybridized carbons (Fsp3) is 0.417. The van der Waals surface area contributed by atoms with Gasteiger partial charge in [-0.1, -0.05) is 12.1 Å². The molecule has 6 heteroatoms. The molecule has 0 aliphatic carbocycles.